The zero-order valence-electron chi connectivity index (χ0n) is 11.6. The Kier molecular flexibility index (Phi) is 5.34. The molecule has 1 heterocycles. The number of aliphatic hydroxyl groups is 1. The average molecular weight is 278 g/mol. The minimum atomic E-state index is -0.0749. The first-order valence-electron chi connectivity index (χ1n) is 6.91. The molecular weight excluding hydrogens is 256 g/mol. The number of nitrogens with two attached hydrogens (primary N) is 1. The van der Waals surface area contributed by atoms with Crippen LogP contribution in [0.3, 0.4) is 0 Å². The maximum Gasteiger partial charge on any atom is 0.321 e. The summed E-state index contributed by atoms with van der Waals surface area (Å²) in [6.45, 7) is 4.33. The van der Waals surface area contributed by atoms with E-state index in [9.17, 15) is 4.79 Å². The molecule has 1 fully saturated rings. The standard InChI is InChI=1S/C14H22N4O2/c15-11-12-1-3-13(4-2-12)16-14(20)18-7-5-17(6-8-18)9-10-19/h1-4,19H,5-11,15H2,(H,16,20). The molecule has 0 spiro atoms. The molecule has 1 aliphatic rings. The van der Waals surface area contributed by atoms with E-state index in [4.69, 9.17) is 10.8 Å². The van der Waals surface area contributed by atoms with Gasteiger partial charge in [0.25, 0.3) is 0 Å². The number of carbonyl (C=O) groups excluding carboxylic acids is 1. The predicted octanol–water partition coefficient (Wildman–Crippen LogP) is 0.287. The Morgan fingerprint density at radius 1 is 1.20 bits per heavy atom. The maximum atomic E-state index is 12.1. The Labute approximate surface area is 119 Å². The van der Waals surface area contributed by atoms with Crippen LogP contribution in [0, 0.1) is 0 Å². The Morgan fingerprint density at radius 2 is 1.85 bits per heavy atom. The second-order valence-corrected chi connectivity index (χ2v) is 4.88. The number of hydrogen-bond donors (Lipinski definition) is 3. The highest BCUT2D eigenvalue weighted by Crippen LogP contribution is 2.11. The lowest BCUT2D eigenvalue weighted by Crippen LogP contribution is -2.50. The Balaban J connectivity index is 1.83. The number of β-amino-alcohol motifs (C(OH)–C–C–N with tert-alkyl or cyclic N) is 1. The minimum Gasteiger partial charge on any atom is -0.395 e. The molecular formula is C14H22N4O2. The Bertz CT molecular complexity index is 427. The molecule has 110 valence electrons. The van der Waals surface area contributed by atoms with E-state index in [0.717, 1.165) is 24.3 Å². The van der Waals surface area contributed by atoms with Crippen LogP contribution < -0.4 is 11.1 Å². The summed E-state index contributed by atoms with van der Waals surface area (Å²) in [7, 11) is 0. The Morgan fingerprint density at radius 3 is 2.40 bits per heavy atom. The van der Waals surface area contributed by atoms with Gasteiger partial charge < -0.3 is 21.1 Å². The number of carbonyl (C=O) groups is 1. The number of anilines is 1. The van der Waals surface area contributed by atoms with Crippen molar-refractivity contribution in [2.24, 2.45) is 5.73 Å². The molecule has 6 nitrogen and oxygen atoms in total. The number of aliphatic hydroxyl groups excluding tert-OH is 1. The van der Waals surface area contributed by atoms with Crippen molar-refractivity contribution in [2.75, 3.05) is 44.6 Å². The summed E-state index contributed by atoms with van der Waals surface area (Å²) in [5.41, 5.74) is 7.36. The summed E-state index contributed by atoms with van der Waals surface area (Å²) in [5.74, 6) is 0. The molecule has 1 aromatic carbocycles. The van der Waals surface area contributed by atoms with Crippen LogP contribution in [0.4, 0.5) is 10.5 Å². The van der Waals surface area contributed by atoms with Crippen LogP contribution in [-0.2, 0) is 6.54 Å². The fraction of sp³-hybridized carbons (Fsp3) is 0.500. The second-order valence-electron chi connectivity index (χ2n) is 4.88. The first kappa shape index (κ1) is 14.8. The van der Waals surface area contributed by atoms with Crippen molar-refractivity contribution in [3.63, 3.8) is 0 Å². The van der Waals surface area contributed by atoms with Crippen molar-refractivity contribution in [3.8, 4) is 0 Å². The van der Waals surface area contributed by atoms with Crippen LogP contribution in [0.2, 0.25) is 0 Å². The molecule has 0 aliphatic carbocycles. The summed E-state index contributed by atoms with van der Waals surface area (Å²) >= 11 is 0. The molecule has 0 bridgehead atoms. The molecule has 2 amide bonds. The van der Waals surface area contributed by atoms with Crippen LogP contribution in [0.1, 0.15) is 5.56 Å². The van der Waals surface area contributed by atoms with Gasteiger partial charge in [0.2, 0.25) is 0 Å². The molecule has 1 aliphatic heterocycles. The number of piperazine rings is 1. The largest absolute Gasteiger partial charge is 0.395 e. The van der Waals surface area contributed by atoms with E-state index in [-0.39, 0.29) is 12.6 Å². The zero-order chi connectivity index (χ0) is 14.4. The molecule has 1 saturated heterocycles. The zero-order valence-corrected chi connectivity index (χ0v) is 11.6. The van der Waals surface area contributed by atoms with Gasteiger partial charge in [-0.2, -0.15) is 0 Å². The SMILES string of the molecule is NCc1ccc(NC(=O)N2CCN(CCO)CC2)cc1. The van der Waals surface area contributed by atoms with Gasteiger partial charge in [-0.25, -0.2) is 4.79 Å². The summed E-state index contributed by atoms with van der Waals surface area (Å²) in [4.78, 5) is 16.1. The average Bonchev–Trinajstić information content (AvgIpc) is 2.49. The summed E-state index contributed by atoms with van der Waals surface area (Å²) in [6, 6.07) is 7.47. The van der Waals surface area contributed by atoms with Gasteiger partial charge in [0.15, 0.2) is 0 Å². The number of urea groups is 1. The fourth-order valence-corrected chi connectivity index (χ4v) is 2.24. The third kappa shape index (κ3) is 3.93. The normalized spacial score (nSPS) is 16.2. The van der Waals surface area contributed by atoms with E-state index in [0.29, 0.717) is 26.2 Å². The first-order valence-corrected chi connectivity index (χ1v) is 6.91. The molecule has 2 rings (SSSR count). The number of hydrogen-bond acceptors (Lipinski definition) is 4. The maximum absolute atomic E-state index is 12.1. The molecule has 4 N–H and O–H groups in total. The predicted molar refractivity (Wildman–Crippen MR) is 78.5 cm³/mol. The topological polar surface area (TPSA) is 81.8 Å². The van der Waals surface area contributed by atoms with Crippen molar-refractivity contribution in [1.82, 2.24) is 9.80 Å². The van der Waals surface area contributed by atoms with Crippen LogP contribution in [0.15, 0.2) is 24.3 Å². The van der Waals surface area contributed by atoms with E-state index >= 15 is 0 Å². The van der Waals surface area contributed by atoms with Crippen LogP contribution in [0.5, 0.6) is 0 Å². The van der Waals surface area contributed by atoms with Crippen molar-refractivity contribution < 1.29 is 9.90 Å². The lowest BCUT2D eigenvalue weighted by molar-refractivity contribution is 0.127. The van der Waals surface area contributed by atoms with Crippen molar-refractivity contribution in [1.29, 1.82) is 0 Å². The molecule has 0 radical (unpaired) electrons. The van der Waals surface area contributed by atoms with Gasteiger partial charge >= 0.3 is 6.03 Å². The first-order chi connectivity index (χ1) is 9.72. The van der Waals surface area contributed by atoms with Crippen LogP contribution in [0.25, 0.3) is 0 Å². The van der Waals surface area contributed by atoms with E-state index in [2.05, 4.69) is 10.2 Å². The molecule has 0 unspecified atom stereocenters. The smallest absolute Gasteiger partial charge is 0.321 e. The highest BCUT2D eigenvalue weighted by molar-refractivity contribution is 5.89. The lowest BCUT2D eigenvalue weighted by atomic mass is 10.2. The summed E-state index contributed by atoms with van der Waals surface area (Å²) in [5, 5.41) is 11.8. The third-order valence-electron chi connectivity index (χ3n) is 3.52. The number of benzene rings is 1. The summed E-state index contributed by atoms with van der Waals surface area (Å²) < 4.78 is 0. The number of nitrogens with one attached hydrogen (secondary N) is 1. The molecule has 1 aromatic rings. The molecule has 0 saturated carbocycles. The monoisotopic (exact) mass is 278 g/mol. The van der Waals surface area contributed by atoms with E-state index in [1.165, 1.54) is 0 Å². The van der Waals surface area contributed by atoms with Crippen LogP contribution in [-0.4, -0.2) is 60.3 Å². The van der Waals surface area contributed by atoms with E-state index in [1.54, 1.807) is 4.90 Å². The summed E-state index contributed by atoms with van der Waals surface area (Å²) in [6.07, 6.45) is 0. The van der Waals surface area contributed by atoms with Gasteiger partial charge in [0.05, 0.1) is 6.61 Å². The highest BCUT2D eigenvalue weighted by Gasteiger charge is 2.20. The number of nitrogens with zero attached hydrogens (tertiary/aromatic N) is 2. The van der Waals surface area contributed by atoms with Crippen molar-refractivity contribution >= 4 is 11.7 Å². The second kappa shape index (κ2) is 7.23. The minimum absolute atomic E-state index is 0.0749. The van der Waals surface area contributed by atoms with Gasteiger partial charge in [-0.1, -0.05) is 12.1 Å². The molecule has 20 heavy (non-hydrogen) atoms. The molecule has 0 aromatic heterocycles. The fourth-order valence-electron chi connectivity index (χ4n) is 2.24. The number of amides is 2. The van der Waals surface area contributed by atoms with Crippen molar-refractivity contribution in [3.05, 3.63) is 29.8 Å². The highest BCUT2D eigenvalue weighted by atomic mass is 16.3. The van der Waals surface area contributed by atoms with Crippen molar-refractivity contribution in [2.45, 2.75) is 6.54 Å². The number of rotatable bonds is 4. The van der Waals surface area contributed by atoms with Gasteiger partial charge in [0, 0.05) is 45.0 Å². The van der Waals surface area contributed by atoms with Gasteiger partial charge in [-0.15, -0.1) is 0 Å². The van der Waals surface area contributed by atoms with Gasteiger partial charge in [-0.05, 0) is 17.7 Å². The molecule has 6 heteroatoms. The van der Waals surface area contributed by atoms with Crippen LogP contribution >= 0.6 is 0 Å². The molecule has 0 atom stereocenters. The van der Waals surface area contributed by atoms with Gasteiger partial charge in [0.1, 0.15) is 0 Å². The van der Waals surface area contributed by atoms with Gasteiger partial charge in [-0.3, -0.25) is 4.90 Å². The lowest BCUT2D eigenvalue weighted by Gasteiger charge is -2.34. The Hall–Kier alpha value is -1.63. The quantitative estimate of drug-likeness (QED) is 0.739. The van der Waals surface area contributed by atoms with E-state index < -0.39 is 0 Å². The van der Waals surface area contributed by atoms with E-state index in [1.807, 2.05) is 24.3 Å². The third-order valence-corrected chi connectivity index (χ3v) is 3.52.